The Morgan fingerprint density at radius 3 is 2.61 bits per heavy atom. The lowest BCUT2D eigenvalue weighted by Gasteiger charge is -2.37. The Morgan fingerprint density at radius 1 is 0.917 bits per heavy atom. The predicted octanol–water partition coefficient (Wildman–Crippen LogP) is 3.91. The van der Waals surface area contributed by atoms with E-state index in [9.17, 15) is 4.39 Å². The number of H-pyrrole nitrogens is 2. The first-order chi connectivity index (χ1) is 17.6. The van der Waals surface area contributed by atoms with E-state index in [0.29, 0.717) is 22.6 Å². The van der Waals surface area contributed by atoms with Gasteiger partial charge in [-0.05, 0) is 48.5 Å². The molecule has 1 saturated heterocycles. The number of halogens is 1. The number of nitrogens with two attached hydrogens (primary N) is 1. The normalized spacial score (nSPS) is 14.0. The molecule has 0 unspecified atom stereocenters. The third-order valence-electron chi connectivity index (χ3n) is 6.45. The number of hydrogen-bond acceptors (Lipinski definition) is 7. The summed E-state index contributed by atoms with van der Waals surface area (Å²) in [4.78, 5) is 24.1. The average Bonchev–Trinajstić information content (AvgIpc) is 3.51. The van der Waals surface area contributed by atoms with Crippen LogP contribution >= 0.6 is 0 Å². The van der Waals surface area contributed by atoms with Crippen LogP contribution in [0.25, 0.3) is 56.0 Å². The fourth-order valence-electron chi connectivity index (χ4n) is 4.58. The zero-order valence-corrected chi connectivity index (χ0v) is 19.0. The highest BCUT2D eigenvalue weighted by atomic mass is 19.1. The fraction of sp³-hybridized carbons (Fsp3) is 0.115. The summed E-state index contributed by atoms with van der Waals surface area (Å²) >= 11 is 0. The number of nitrogens with zero attached hydrogens (tertiary/aromatic N) is 6. The van der Waals surface area contributed by atoms with Crippen molar-refractivity contribution in [1.29, 1.82) is 0 Å². The molecule has 4 N–H and O–H groups in total. The SMILES string of the molecule is NC1CN(c2cncc(-c3ccc4[nH]nc(-c5cc6c(-c7ccc(F)cc7)nccc6[nH]5)c4n3)n2)C1. The molecular weight excluding hydrogens is 457 g/mol. The number of aromatic amines is 2. The Hall–Kier alpha value is -4.70. The molecule has 6 aromatic rings. The van der Waals surface area contributed by atoms with E-state index in [0.717, 1.165) is 52.3 Å². The third kappa shape index (κ3) is 3.38. The molecule has 0 spiro atoms. The molecule has 0 amide bonds. The van der Waals surface area contributed by atoms with Crippen molar-refractivity contribution in [1.82, 2.24) is 35.1 Å². The maximum Gasteiger partial charge on any atom is 0.147 e. The van der Waals surface area contributed by atoms with E-state index in [2.05, 4.69) is 30.0 Å². The standard InChI is InChI=1S/C26H20FN9/c27-15-3-1-14(2-4-15)24-17-9-21(31-18(17)7-8-30-24)26-25-20(34-35-26)6-5-19(33-25)22-10-29-11-23(32-22)36-12-16(28)13-36/h1-11,16,31H,12-13,28H2,(H,34,35). The van der Waals surface area contributed by atoms with Crippen LogP contribution in [-0.2, 0) is 0 Å². The number of benzene rings is 1. The van der Waals surface area contributed by atoms with E-state index in [1.165, 1.54) is 12.1 Å². The molecule has 7 rings (SSSR count). The summed E-state index contributed by atoms with van der Waals surface area (Å²) in [5.74, 6) is 0.509. The molecule has 5 aromatic heterocycles. The summed E-state index contributed by atoms with van der Waals surface area (Å²) in [5, 5.41) is 8.52. The van der Waals surface area contributed by atoms with Crippen molar-refractivity contribution >= 4 is 27.8 Å². The zero-order chi connectivity index (χ0) is 24.2. The van der Waals surface area contributed by atoms with Crippen LogP contribution in [-0.4, -0.2) is 54.2 Å². The van der Waals surface area contributed by atoms with Crippen molar-refractivity contribution in [2.45, 2.75) is 6.04 Å². The van der Waals surface area contributed by atoms with Crippen molar-refractivity contribution < 1.29 is 4.39 Å². The maximum absolute atomic E-state index is 13.4. The van der Waals surface area contributed by atoms with Crippen LogP contribution in [0, 0.1) is 5.82 Å². The van der Waals surface area contributed by atoms with Crippen LogP contribution in [0.3, 0.4) is 0 Å². The summed E-state index contributed by atoms with van der Waals surface area (Å²) in [6.45, 7) is 1.54. The van der Waals surface area contributed by atoms with Crippen LogP contribution < -0.4 is 10.6 Å². The second-order valence-corrected chi connectivity index (χ2v) is 8.90. The summed E-state index contributed by atoms with van der Waals surface area (Å²) in [7, 11) is 0. The molecule has 1 aliphatic rings. The largest absolute Gasteiger partial charge is 0.353 e. The Bertz CT molecular complexity index is 1730. The van der Waals surface area contributed by atoms with Gasteiger partial charge in [0.2, 0.25) is 0 Å². The quantitative estimate of drug-likeness (QED) is 0.351. The van der Waals surface area contributed by atoms with Gasteiger partial charge in [0, 0.05) is 41.8 Å². The lowest BCUT2D eigenvalue weighted by Crippen LogP contribution is -2.56. The molecule has 0 atom stereocenters. The first-order valence-corrected chi connectivity index (χ1v) is 11.5. The van der Waals surface area contributed by atoms with Gasteiger partial charge in [-0.25, -0.2) is 14.4 Å². The van der Waals surface area contributed by atoms with Crippen molar-refractivity contribution in [3.8, 4) is 34.0 Å². The molecule has 6 heterocycles. The van der Waals surface area contributed by atoms with Crippen molar-refractivity contribution in [2.24, 2.45) is 5.73 Å². The minimum Gasteiger partial charge on any atom is -0.353 e. The zero-order valence-electron chi connectivity index (χ0n) is 19.0. The molecular formula is C26H20FN9. The van der Waals surface area contributed by atoms with Gasteiger partial charge in [0.25, 0.3) is 0 Å². The van der Waals surface area contributed by atoms with Crippen LogP contribution in [0.15, 0.2) is 67.1 Å². The lowest BCUT2D eigenvalue weighted by molar-refractivity contribution is 0.514. The van der Waals surface area contributed by atoms with Crippen molar-refractivity contribution in [3.05, 3.63) is 72.9 Å². The molecule has 1 fully saturated rings. The third-order valence-corrected chi connectivity index (χ3v) is 6.45. The minimum atomic E-state index is -0.283. The number of rotatable bonds is 4. The van der Waals surface area contributed by atoms with Gasteiger partial charge in [-0.3, -0.25) is 15.1 Å². The summed E-state index contributed by atoms with van der Waals surface area (Å²) in [6.07, 6.45) is 5.19. The van der Waals surface area contributed by atoms with E-state index in [-0.39, 0.29) is 11.9 Å². The molecule has 10 heteroatoms. The van der Waals surface area contributed by atoms with Crippen molar-refractivity contribution in [3.63, 3.8) is 0 Å². The van der Waals surface area contributed by atoms with E-state index in [1.54, 1.807) is 30.7 Å². The second-order valence-electron chi connectivity index (χ2n) is 8.90. The highest BCUT2D eigenvalue weighted by molar-refractivity contribution is 5.99. The van der Waals surface area contributed by atoms with Gasteiger partial charge >= 0.3 is 0 Å². The highest BCUT2D eigenvalue weighted by Crippen LogP contribution is 2.33. The number of hydrogen-bond donors (Lipinski definition) is 3. The van der Waals surface area contributed by atoms with Crippen LogP contribution in [0.4, 0.5) is 10.2 Å². The Balaban J connectivity index is 1.30. The molecule has 36 heavy (non-hydrogen) atoms. The number of pyridine rings is 2. The molecule has 0 bridgehead atoms. The van der Waals surface area contributed by atoms with Crippen LogP contribution in [0.5, 0.6) is 0 Å². The number of anilines is 1. The predicted molar refractivity (Wildman–Crippen MR) is 136 cm³/mol. The van der Waals surface area contributed by atoms with Gasteiger partial charge in [0.1, 0.15) is 28.5 Å². The smallest absolute Gasteiger partial charge is 0.147 e. The molecule has 1 aliphatic heterocycles. The molecule has 1 aromatic carbocycles. The van der Waals surface area contributed by atoms with Gasteiger partial charge in [0.05, 0.1) is 35.0 Å². The average molecular weight is 478 g/mol. The fourth-order valence-corrected chi connectivity index (χ4v) is 4.58. The molecule has 9 nitrogen and oxygen atoms in total. The van der Waals surface area contributed by atoms with Crippen LogP contribution in [0.1, 0.15) is 0 Å². The van der Waals surface area contributed by atoms with Gasteiger partial charge in [-0.15, -0.1) is 0 Å². The monoisotopic (exact) mass is 477 g/mol. The molecule has 0 aliphatic carbocycles. The van der Waals surface area contributed by atoms with Crippen molar-refractivity contribution in [2.75, 3.05) is 18.0 Å². The lowest BCUT2D eigenvalue weighted by atomic mass is 10.1. The topological polar surface area (TPSA) is 125 Å². The molecule has 0 saturated carbocycles. The summed E-state index contributed by atoms with van der Waals surface area (Å²) in [6, 6.07) is 14.2. The van der Waals surface area contributed by atoms with Gasteiger partial charge in [-0.1, -0.05) is 0 Å². The van der Waals surface area contributed by atoms with E-state index in [1.807, 2.05) is 24.3 Å². The van der Waals surface area contributed by atoms with E-state index in [4.69, 9.17) is 15.7 Å². The van der Waals surface area contributed by atoms with Gasteiger partial charge < -0.3 is 15.6 Å². The second kappa shape index (κ2) is 7.92. The Labute approximate surface area is 204 Å². The van der Waals surface area contributed by atoms with E-state index < -0.39 is 0 Å². The number of nitrogens with one attached hydrogen (secondary N) is 2. The summed E-state index contributed by atoms with van der Waals surface area (Å²) in [5.41, 5.74) is 12.8. The molecule has 0 radical (unpaired) electrons. The van der Waals surface area contributed by atoms with Gasteiger partial charge in [-0.2, -0.15) is 5.10 Å². The summed E-state index contributed by atoms with van der Waals surface area (Å²) < 4.78 is 13.4. The number of fused-ring (bicyclic) bond motifs is 2. The molecule has 176 valence electrons. The highest BCUT2D eigenvalue weighted by Gasteiger charge is 2.25. The Morgan fingerprint density at radius 2 is 1.78 bits per heavy atom. The van der Waals surface area contributed by atoms with E-state index >= 15 is 0 Å². The Kier molecular flexibility index (Phi) is 4.55. The number of aromatic nitrogens is 7. The minimum absolute atomic E-state index is 0.175. The first kappa shape index (κ1) is 20.7. The maximum atomic E-state index is 13.4. The van der Waals surface area contributed by atoms with Gasteiger partial charge in [0.15, 0.2) is 0 Å². The van der Waals surface area contributed by atoms with Crippen LogP contribution in [0.2, 0.25) is 0 Å². The first-order valence-electron chi connectivity index (χ1n) is 11.5.